The first-order valence-corrected chi connectivity index (χ1v) is 11.3. The van der Waals surface area contributed by atoms with Crippen molar-refractivity contribution in [3.05, 3.63) is 70.6 Å². The maximum atomic E-state index is 15.4. The standard InChI is InChI=1S/C23H18ClF2N3O2S.Na.H/c1-2-28-11-13(10-27-28)29-20(12-6-7-12)22(15-8-9-16(24)19(26)21(15)29)32-17-5-3-4-14(18(17)25)23(30)31;;/h3-5,8-12H,2,6-7H2,1H3,(H,30,31);;/q;+1;-1. The van der Waals surface area contributed by atoms with Crippen LogP contribution in [0.25, 0.3) is 16.6 Å². The summed E-state index contributed by atoms with van der Waals surface area (Å²) in [5.41, 5.74) is 1.48. The molecule has 2 aromatic heterocycles. The van der Waals surface area contributed by atoms with Crippen LogP contribution in [0.15, 0.2) is 52.5 Å². The smallest absolute Gasteiger partial charge is 1.00 e. The average molecular weight is 498 g/mol. The minimum absolute atomic E-state index is 0. The van der Waals surface area contributed by atoms with E-state index in [9.17, 15) is 14.3 Å². The Balaban J connectivity index is 0.00000162. The Morgan fingerprint density at radius 3 is 2.67 bits per heavy atom. The average Bonchev–Trinajstić information content (AvgIpc) is 3.40. The van der Waals surface area contributed by atoms with Crippen LogP contribution in [0.1, 0.15) is 43.2 Å². The number of nitrogens with zero attached hydrogens (tertiary/aromatic N) is 3. The normalized spacial score (nSPS) is 13.3. The molecule has 5 nitrogen and oxygen atoms in total. The molecule has 0 bridgehead atoms. The van der Waals surface area contributed by atoms with Crippen LogP contribution in [-0.4, -0.2) is 25.4 Å². The van der Waals surface area contributed by atoms with Gasteiger partial charge in [-0.25, -0.2) is 13.6 Å². The van der Waals surface area contributed by atoms with E-state index >= 15 is 4.39 Å². The van der Waals surface area contributed by atoms with Crippen molar-refractivity contribution in [3.8, 4) is 5.69 Å². The molecule has 0 spiro atoms. The molecule has 1 saturated carbocycles. The molecule has 33 heavy (non-hydrogen) atoms. The Kier molecular flexibility index (Phi) is 6.94. The third-order valence-electron chi connectivity index (χ3n) is 5.58. The van der Waals surface area contributed by atoms with E-state index in [4.69, 9.17) is 11.6 Å². The summed E-state index contributed by atoms with van der Waals surface area (Å²) in [5.74, 6) is -2.51. The van der Waals surface area contributed by atoms with Gasteiger partial charge in [-0.2, -0.15) is 5.10 Å². The van der Waals surface area contributed by atoms with Crippen molar-refractivity contribution in [1.82, 2.24) is 14.3 Å². The van der Waals surface area contributed by atoms with Crippen LogP contribution < -0.4 is 29.6 Å². The second kappa shape index (κ2) is 9.43. The predicted molar refractivity (Wildman–Crippen MR) is 120 cm³/mol. The molecule has 0 saturated heterocycles. The Hall–Kier alpha value is -1.84. The molecule has 1 aliphatic rings. The molecule has 4 aromatic rings. The van der Waals surface area contributed by atoms with Gasteiger partial charge in [0.2, 0.25) is 0 Å². The van der Waals surface area contributed by atoms with E-state index in [0.717, 1.165) is 30.3 Å². The molecule has 0 radical (unpaired) electrons. The molecular formula is C23H19ClF2N3NaO2S. The molecule has 166 valence electrons. The maximum Gasteiger partial charge on any atom is 1.00 e. The number of rotatable bonds is 6. The summed E-state index contributed by atoms with van der Waals surface area (Å²) in [7, 11) is 0. The summed E-state index contributed by atoms with van der Waals surface area (Å²) >= 11 is 7.25. The van der Waals surface area contributed by atoms with Gasteiger partial charge in [-0.05, 0) is 44.0 Å². The maximum absolute atomic E-state index is 15.4. The SMILES string of the molecule is CCn1cc(-n2c(C3CC3)c(Sc3cccc(C(=O)O)c3F)c3ccc(Cl)c(F)c32)cn1.[H-].[Na+]. The molecule has 0 amide bonds. The van der Waals surface area contributed by atoms with Crippen LogP contribution >= 0.6 is 23.4 Å². The number of halogens is 3. The van der Waals surface area contributed by atoms with E-state index in [1.54, 1.807) is 16.9 Å². The van der Waals surface area contributed by atoms with Crippen LogP contribution in [0.2, 0.25) is 5.02 Å². The topological polar surface area (TPSA) is 60.0 Å². The quantitative estimate of drug-likeness (QED) is 0.413. The minimum Gasteiger partial charge on any atom is -1.00 e. The second-order valence-corrected chi connectivity index (χ2v) is 9.12. The number of benzene rings is 2. The molecule has 1 N–H and O–H groups in total. The van der Waals surface area contributed by atoms with Gasteiger partial charge in [0.05, 0.1) is 28.0 Å². The van der Waals surface area contributed by atoms with Gasteiger partial charge < -0.3 is 11.1 Å². The molecule has 2 aromatic carbocycles. The summed E-state index contributed by atoms with van der Waals surface area (Å²) in [5, 5.41) is 14.2. The molecule has 2 heterocycles. The number of aryl methyl sites for hydroxylation is 1. The predicted octanol–water partition coefficient (Wildman–Crippen LogP) is 3.62. The molecule has 5 rings (SSSR count). The Morgan fingerprint density at radius 1 is 1.27 bits per heavy atom. The van der Waals surface area contributed by atoms with Crippen LogP contribution in [-0.2, 0) is 6.54 Å². The van der Waals surface area contributed by atoms with Crippen molar-refractivity contribution < 1.29 is 49.7 Å². The summed E-state index contributed by atoms with van der Waals surface area (Å²) < 4.78 is 33.9. The Morgan fingerprint density at radius 2 is 2.03 bits per heavy atom. The van der Waals surface area contributed by atoms with Gasteiger partial charge in [0.25, 0.3) is 0 Å². The number of carboxylic acid groups (broad SMARTS) is 1. The van der Waals surface area contributed by atoms with E-state index in [1.165, 1.54) is 24.3 Å². The zero-order valence-corrected chi connectivity index (χ0v) is 21.6. The first kappa shape index (κ1) is 24.3. The van der Waals surface area contributed by atoms with Crippen molar-refractivity contribution in [1.29, 1.82) is 0 Å². The van der Waals surface area contributed by atoms with Crippen molar-refractivity contribution in [2.45, 2.75) is 42.0 Å². The van der Waals surface area contributed by atoms with Crippen LogP contribution in [0.3, 0.4) is 0 Å². The van der Waals surface area contributed by atoms with Crippen LogP contribution in [0, 0.1) is 11.6 Å². The Bertz CT molecular complexity index is 1390. The van der Waals surface area contributed by atoms with Gasteiger partial charge in [-0.3, -0.25) is 4.68 Å². The molecular weight excluding hydrogens is 479 g/mol. The number of hydrogen-bond acceptors (Lipinski definition) is 3. The summed E-state index contributed by atoms with van der Waals surface area (Å²) in [6, 6.07) is 7.49. The number of carbonyl (C=O) groups is 1. The monoisotopic (exact) mass is 497 g/mol. The van der Waals surface area contributed by atoms with Crippen molar-refractivity contribution in [3.63, 3.8) is 0 Å². The largest absolute Gasteiger partial charge is 1.00 e. The fourth-order valence-electron chi connectivity index (χ4n) is 3.91. The van der Waals surface area contributed by atoms with Gasteiger partial charge >= 0.3 is 35.5 Å². The molecule has 1 fully saturated rings. The van der Waals surface area contributed by atoms with Gasteiger partial charge in [-0.1, -0.05) is 29.4 Å². The number of hydrogen-bond donors (Lipinski definition) is 1. The van der Waals surface area contributed by atoms with Crippen LogP contribution in [0.5, 0.6) is 0 Å². The van der Waals surface area contributed by atoms with E-state index in [1.807, 2.05) is 17.7 Å². The van der Waals surface area contributed by atoms with Gasteiger partial charge in [-0.15, -0.1) is 0 Å². The zero-order valence-electron chi connectivity index (χ0n) is 19.0. The number of fused-ring (bicyclic) bond motifs is 1. The third kappa shape index (κ3) is 4.23. The van der Waals surface area contributed by atoms with Crippen LogP contribution in [0.4, 0.5) is 8.78 Å². The molecule has 10 heteroatoms. The molecule has 0 atom stereocenters. The zero-order chi connectivity index (χ0) is 22.6. The fraction of sp³-hybridized carbons (Fsp3) is 0.217. The van der Waals surface area contributed by atoms with E-state index in [-0.39, 0.29) is 46.8 Å². The third-order valence-corrected chi connectivity index (χ3v) is 7.04. The number of aromatic nitrogens is 3. The summed E-state index contributed by atoms with van der Waals surface area (Å²) in [6.07, 6.45) is 5.37. The summed E-state index contributed by atoms with van der Waals surface area (Å²) in [4.78, 5) is 12.3. The Labute approximate surface area is 221 Å². The van der Waals surface area contributed by atoms with E-state index in [0.29, 0.717) is 28.0 Å². The number of aromatic carboxylic acids is 1. The van der Waals surface area contributed by atoms with Gasteiger partial charge in [0.15, 0.2) is 11.6 Å². The number of carboxylic acids is 1. The molecule has 0 unspecified atom stereocenters. The minimum atomic E-state index is -1.33. The molecule has 1 aliphatic carbocycles. The second-order valence-electron chi connectivity index (χ2n) is 7.66. The fourth-order valence-corrected chi connectivity index (χ4v) is 5.26. The van der Waals surface area contributed by atoms with E-state index in [2.05, 4.69) is 5.10 Å². The van der Waals surface area contributed by atoms with Gasteiger partial charge in [0, 0.05) is 39.5 Å². The summed E-state index contributed by atoms with van der Waals surface area (Å²) in [6.45, 7) is 2.62. The van der Waals surface area contributed by atoms with Gasteiger partial charge in [0.1, 0.15) is 0 Å². The first-order chi connectivity index (χ1) is 15.4. The van der Waals surface area contributed by atoms with Crippen molar-refractivity contribution in [2.75, 3.05) is 0 Å². The van der Waals surface area contributed by atoms with Crippen molar-refractivity contribution >= 4 is 40.2 Å². The van der Waals surface area contributed by atoms with E-state index < -0.39 is 23.2 Å². The molecule has 0 aliphatic heterocycles. The van der Waals surface area contributed by atoms with Crippen molar-refractivity contribution in [2.24, 2.45) is 0 Å². The first-order valence-electron chi connectivity index (χ1n) is 10.2.